The van der Waals surface area contributed by atoms with Crippen LogP contribution in [0.1, 0.15) is 24.0 Å². The Morgan fingerprint density at radius 2 is 2.11 bits per heavy atom. The van der Waals surface area contributed by atoms with Crippen molar-refractivity contribution in [3.05, 3.63) is 28.3 Å². The molecular formula is C11H15ClN6. The molecule has 96 valence electrons. The fraction of sp³-hybridized carbons (Fsp3) is 0.364. The number of nitrogens with two attached hydrogens (primary N) is 1. The minimum atomic E-state index is 0.598. The van der Waals surface area contributed by atoms with Gasteiger partial charge in [-0.05, 0) is 13.8 Å². The fourth-order valence-corrected chi connectivity index (χ4v) is 1.75. The largest absolute Gasteiger partial charge is 0.308 e. The summed E-state index contributed by atoms with van der Waals surface area (Å²) in [5.74, 6) is 7.45. The molecule has 0 unspecified atom stereocenters. The summed E-state index contributed by atoms with van der Waals surface area (Å²) < 4.78 is 1.65. The first-order valence-corrected chi connectivity index (χ1v) is 6.00. The molecule has 0 amide bonds. The maximum absolute atomic E-state index is 6.01. The zero-order valence-corrected chi connectivity index (χ0v) is 11.3. The number of rotatable bonds is 3. The predicted molar refractivity (Wildman–Crippen MR) is 70.8 cm³/mol. The third kappa shape index (κ3) is 2.16. The Hall–Kier alpha value is -1.66. The molecule has 0 spiro atoms. The molecule has 2 rings (SSSR count). The van der Waals surface area contributed by atoms with Crippen LogP contribution in [-0.2, 0) is 6.42 Å². The SMILES string of the molecule is CCc1nc(NN)c(C)c(-n2cc(Cl)c(C)n2)n1. The Morgan fingerprint density at radius 3 is 2.61 bits per heavy atom. The number of aryl methyl sites for hydroxylation is 2. The molecule has 6 nitrogen and oxygen atoms in total. The van der Waals surface area contributed by atoms with Gasteiger partial charge < -0.3 is 5.43 Å². The molecule has 2 aromatic heterocycles. The van der Waals surface area contributed by atoms with Crippen LogP contribution in [-0.4, -0.2) is 19.7 Å². The van der Waals surface area contributed by atoms with Crippen molar-refractivity contribution in [2.24, 2.45) is 5.84 Å². The maximum Gasteiger partial charge on any atom is 0.162 e. The lowest BCUT2D eigenvalue weighted by Gasteiger charge is -2.11. The van der Waals surface area contributed by atoms with Gasteiger partial charge in [0.05, 0.1) is 16.9 Å². The Labute approximate surface area is 110 Å². The van der Waals surface area contributed by atoms with Crippen LogP contribution in [0.15, 0.2) is 6.20 Å². The van der Waals surface area contributed by atoms with Crippen molar-refractivity contribution >= 4 is 17.4 Å². The molecule has 2 heterocycles. The van der Waals surface area contributed by atoms with E-state index in [1.807, 2.05) is 20.8 Å². The smallest absolute Gasteiger partial charge is 0.162 e. The third-order valence-electron chi connectivity index (χ3n) is 2.68. The topological polar surface area (TPSA) is 81.6 Å². The summed E-state index contributed by atoms with van der Waals surface area (Å²) in [6.07, 6.45) is 2.45. The number of anilines is 1. The van der Waals surface area contributed by atoms with Gasteiger partial charge in [-0.25, -0.2) is 20.5 Å². The van der Waals surface area contributed by atoms with Crippen LogP contribution in [0.4, 0.5) is 5.82 Å². The Bertz CT molecular complexity index is 558. The molecule has 0 aromatic carbocycles. The van der Waals surface area contributed by atoms with E-state index < -0.39 is 0 Å². The van der Waals surface area contributed by atoms with Gasteiger partial charge in [-0.1, -0.05) is 18.5 Å². The average Bonchev–Trinajstić information content (AvgIpc) is 2.69. The number of hydrogen-bond donors (Lipinski definition) is 2. The minimum Gasteiger partial charge on any atom is -0.308 e. The van der Waals surface area contributed by atoms with Crippen molar-refractivity contribution in [1.82, 2.24) is 19.7 Å². The second kappa shape index (κ2) is 4.91. The van der Waals surface area contributed by atoms with Gasteiger partial charge in [0.25, 0.3) is 0 Å². The van der Waals surface area contributed by atoms with Crippen LogP contribution in [0, 0.1) is 13.8 Å². The summed E-state index contributed by atoms with van der Waals surface area (Å²) in [6.45, 7) is 5.71. The summed E-state index contributed by atoms with van der Waals surface area (Å²) in [5.41, 5.74) is 4.16. The van der Waals surface area contributed by atoms with Gasteiger partial charge in [-0.3, -0.25) is 0 Å². The predicted octanol–water partition coefficient (Wildman–Crippen LogP) is 1.78. The molecule has 2 aromatic rings. The lowest BCUT2D eigenvalue weighted by molar-refractivity contribution is 0.794. The second-order valence-corrected chi connectivity index (χ2v) is 4.35. The third-order valence-corrected chi connectivity index (χ3v) is 3.05. The number of hydrogen-bond acceptors (Lipinski definition) is 5. The van der Waals surface area contributed by atoms with Crippen molar-refractivity contribution in [3.63, 3.8) is 0 Å². The molecule has 0 atom stereocenters. The number of hydrazine groups is 1. The van der Waals surface area contributed by atoms with Crippen molar-refractivity contribution in [2.45, 2.75) is 27.2 Å². The van der Waals surface area contributed by atoms with Crippen LogP contribution in [0.5, 0.6) is 0 Å². The number of nitrogens with one attached hydrogen (secondary N) is 1. The maximum atomic E-state index is 6.01. The van der Waals surface area contributed by atoms with Gasteiger partial charge in [0.15, 0.2) is 5.82 Å². The van der Waals surface area contributed by atoms with E-state index >= 15 is 0 Å². The van der Waals surface area contributed by atoms with Crippen molar-refractivity contribution in [2.75, 3.05) is 5.43 Å². The van der Waals surface area contributed by atoms with Crippen LogP contribution < -0.4 is 11.3 Å². The molecule has 0 fully saturated rings. The van der Waals surface area contributed by atoms with Gasteiger partial charge in [-0.15, -0.1) is 0 Å². The van der Waals surface area contributed by atoms with Crippen molar-refractivity contribution < 1.29 is 0 Å². The first kappa shape index (κ1) is 12.8. The number of aromatic nitrogens is 4. The van der Waals surface area contributed by atoms with Gasteiger partial charge >= 0.3 is 0 Å². The summed E-state index contributed by atoms with van der Waals surface area (Å²) >= 11 is 6.01. The highest BCUT2D eigenvalue weighted by molar-refractivity contribution is 6.31. The van der Waals surface area contributed by atoms with E-state index in [0.717, 1.165) is 17.7 Å². The number of nitrogens with zero attached hydrogens (tertiary/aromatic N) is 4. The molecule has 18 heavy (non-hydrogen) atoms. The quantitative estimate of drug-likeness (QED) is 0.654. The Kier molecular flexibility index (Phi) is 3.49. The normalized spacial score (nSPS) is 10.7. The standard InChI is InChI=1S/C11H15ClN6/c1-4-9-14-10(16-13)6(2)11(15-9)18-5-8(12)7(3)17-18/h5H,4,13H2,1-3H3,(H,14,15,16). The molecular weight excluding hydrogens is 252 g/mol. The highest BCUT2D eigenvalue weighted by Crippen LogP contribution is 2.21. The average molecular weight is 267 g/mol. The van der Waals surface area contributed by atoms with E-state index in [-0.39, 0.29) is 0 Å². The van der Waals surface area contributed by atoms with E-state index in [2.05, 4.69) is 20.5 Å². The van der Waals surface area contributed by atoms with Crippen LogP contribution in [0.3, 0.4) is 0 Å². The number of halogens is 1. The Balaban J connectivity index is 2.62. The fourth-order valence-electron chi connectivity index (χ4n) is 1.62. The Morgan fingerprint density at radius 1 is 1.39 bits per heavy atom. The molecule has 0 aliphatic rings. The van der Waals surface area contributed by atoms with E-state index in [0.29, 0.717) is 22.5 Å². The molecule has 0 aliphatic heterocycles. The lowest BCUT2D eigenvalue weighted by atomic mass is 10.3. The first-order valence-electron chi connectivity index (χ1n) is 5.63. The molecule has 0 bridgehead atoms. The molecule has 0 saturated carbocycles. The molecule has 0 aliphatic carbocycles. The minimum absolute atomic E-state index is 0.598. The second-order valence-electron chi connectivity index (χ2n) is 3.94. The molecule has 0 saturated heterocycles. The van der Waals surface area contributed by atoms with Gasteiger partial charge in [0.2, 0.25) is 0 Å². The molecule has 0 radical (unpaired) electrons. The van der Waals surface area contributed by atoms with Gasteiger partial charge in [-0.2, -0.15) is 5.10 Å². The van der Waals surface area contributed by atoms with E-state index in [9.17, 15) is 0 Å². The van der Waals surface area contributed by atoms with Crippen LogP contribution >= 0.6 is 11.6 Å². The first-order chi connectivity index (χ1) is 8.56. The van der Waals surface area contributed by atoms with Gasteiger partial charge in [0, 0.05) is 12.0 Å². The summed E-state index contributed by atoms with van der Waals surface area (Å²) in [4.78, 5) is 8.76. The summed E-state index contributed by atoms with van der Waals surface area (Å²) in [5, 5.41) is 4.92. The van der Waals surface area contributed by atoms with Gasteiger partial charge in [0.1, 0.15) is 11.6 Å². The number of nitrogen functional groups attached to an aromatic ring is 1. The van der Waals surface area contributed by atoms with Crippen LogP contribution in [0.25, 0.3) is 5.82 Å². The van der Waals surface area contributed by atoms with E-state index in [1.165, 1.54) is 0 Å². The monoisotopic (exact) mass is 266 g/mol. The zero-order chi connectivity index (χ0) is 13.3. The summed E-state index contributed by atoms with van der Waals surface area (Å²) in [6, 6.07) is 0. The van der Waals surface area contributed by atoms with Crippen molar-refractivity contribution in [3.8, 4) is 5.82 Å². The summed E-state index contributed by atoms with van der Waals surface area (Å²) in [7, 11) is 0. The highest BCUT2D eigenvalue weighted by Gasteiger charge is 2.13. The van der Waals surface area contributed by atoms with Crippen molar-refractivity contribution in [1.29, 1.82) is 0 Å². The molecule has 3 N–H and O–H groups in total. The van der Waals surface area contributed by atoms with E-state index in [4.69, 9.17) is 17.4 Å². The van der Waals surface area contributed by atoms with E-state index in [1.54, 1.807) is 10.9 Å². The molecule has 7 heteroatoms. The highest BCUT2D eigenvalue weighted by atomic mass is 35.5. The van der Waals surface area contributed by atoms with Crippen LogP contribution in [0.2, 0.25) is 5.02 Å². The lowest BCUT2D eigenvalue weighted by Crippen LogP contribution is -2.15. The zero-order valence-electron chi connectivity index (χ0n) is 10.5.